The Kier molecular flexibility index (Phi) is 6.05. The average molecular weight is 251 g/mol. The molecule has 1 heterocycles. The first-order valence-corrected chi connectivity index (χ1v) is 6.84. The molecule has 0 fully saturated rings. The van der Waals surface area contributed by atoms with Gasteiger partial charge >= 0.3 is 0 Å². The summed E-state index contributed by atoms with van der Waals surface area (Å²) < 4.78 is 0. The van der Waals surface area contributed by atoms with Gasteiger partial charge in [0, 0.05) is 30.5 Å². The molecule has 0 saturated carbocycles. The molecule has 0 bridgehead atoms. The zero-order valence-corrected chi connectivity index (χ0v) is 12.0. The molecule has 0 amide bonds. The van der Waals surface area contributed by atoms with Crippen LogP contribution in [-0.2, 0) is 6.61 Å². The summed E-state index contributed by atoms with van der Waals surface area (Å²) in [7, 11) is 0. The van der Waals surface area contributed by atoms with E-state index in [-0.39, 0.29) is 6.61 Å². The molecule has 4 heteroatoms. The van der Waals surface area contributed by atoms with E-state index < -0.39 is 0 Å². The van der Waals surface area contributed by atoms with E-state index in [4.69, 9.17) is 5.11 Å². The van der Waals surface area contributed by atoms with E-state index in [0.717, 1.165) is 30.3 Å². The Morgan fingerprint density at radius 2 is 1.94 bits per heavy atom. The Hall–Kier alpha value is -1.16. The lowest BCUT2D eigenvalue weighted by Crippen LogP contribution is -2.30. The molecule has 0 aliphatic heterocycles. The fourth-order valence-corrected chi connectivity index (χ4v) is 2.00. The fraction of sp³-hybridized carbons (Fsp3) is 0.714. The Balaban J connectivity index is 2.84. The van der Waals surface area contributed by atoms with E-state index in [1.165, 1.54) is 12.8 Å². The summed E-state index contributed by atoms with van der Waals surface area (Å²) in [6.07, 6.45) is 4.09. The summed E-state index contributed by atoms with van der Waals surface area (Å²) in [6, 6.07) is 0. The van der Waals surface area contributed by atoms with Crippen molar-refractivity contribution < 1.29 is 5.11 Å². The first kappa shape index (κ1) is 14.9. The molecule has 0 saturated heterocycles. The number of hydrogen-bond donors (Lipinski definition) is 1. The molecule has 0 aliphatic carbocycles. The van der Waals surface area contributed by atoms with Crippen molar-refractivity contribution in [2.75, 3.05) is 18.0 Å². The third kappa shape index (κ3) is 3.67. The lowest BCUT2D eigenvalue weighted by atomic mass is 10.0. The van der Waals surface area contributed by atoms with Gasteiger partial charge in [0.2, 0.25) is 5.95 Å². The number of hydrogen-bond acceptors (Lipinski definition) is 4. The molecule has 0 spiro atoms. The van der Waals surface area contributed by atoms with Crippen LogP contribution >= 0.6 is 0 Å². The van der Waals surface area contributed by atoms with Gasteiger partial charge in [-0.3, -0.25) is 0 Å². The molecule has 102 valence electrons. The minimum absolute atomic E-state index is 0.00475. The maximum atomic E-state index is 9.13. The number of aliphatic hydroxyl groups excluding tert-OH is 1. The summed E-state index contributed by atoms with van der Waals surface area (Å²) in [6.45, 7) is 10.4. The molecule has 1 aromatic rings. The van der Waals surface area contributed by atoms with Crippen molar-refractivity contribution in [1.29, 1.82) is 0 Å². The monoisotopic (exact) mass is 251 g/mol. The molecule has 0 aromatic carbocycles. The minimum Gasteiger partial charge on any atom is -0.392 e. The molecule has 4 nitrogen and oxygen atoms in total. The minimum atomic E-state index is 0.00475. The van der Waals surface area contributed by atoms with E-state index >= 15 is 0 Å². The smallest absolute Gasteiger partial charge is 0.225 e. The zero-order valence-electron chi connectivity index (χ0n) is 12.0. The highest BCUT2D eigenvalue weighted by atomic mass is 16.3. The second-order valence-corrected chi connectivity index (χ2v) is 4.66. The van der Waals surface area contributed by atoms with E-state index in [9.17, 15) is 0 Å². The lowest BCUT2D eigenvalue weighted by molar-refractivity contribution is 0.280. The molecular formula is C14H25N3O. The number of anilines is 1. The second kappa shape index (κ2) is 7.31. The summed E-state index contributed by atoms with van der Waals surface area (Å²) >= 11 is 0. The topological polar surface area (TPSA) is 49.2 Å². The van der Waals surface area contributed by atoms with E-state index in [1.54, 1.807) is 6.20 Å². The highest BCUT2D eigenvalue weighted by Gasteiger charge is 2.13. The Bertz CT molecular complexity index is 364. The standard InChI is InChI=1S/C14H25N3O/c1-5-12(6-2)9-17(7-3)14-15-8-13(10-18)11(4)16-14/h8,12,18H,5-7,9-10H2,1-4H3. The van der Waals surface area contributed by atoms with Gasteiger partial charge < -0.3 is 10.0 Å². The van der Waals surface area contributed by atoms with Crippen LogP contribution in [0.3, 0.4) is 0 Å². The van der Waals surface area contributed by atoms with Crippen molar-refractivity contribution in [3.05, 3.63) is 17.5 Å². The van der Waals surface area contributed by atoms with Crippen LogP contribution in [-0.4, -0.2) is 28.2 Å². The molecule has 1 N–H and O–H groups in total. The van der Waals surface area contributed by atoms with Crippen molar-refractivity contribution in [3.8, 4) is 0 Å². The van der Waals surface area contributed by atoms with Crippen molar-refractivity contribution >= 4 is 5.95 Å². The van der Waals surface area contributed by atoms with Gasteiger partial charge in [-0.25, -0.2) is 9.97 Å². The highest BCUT2D eigenvalue weighted by Crippen LogP contribution is 2.16. The van der Waals surface area contributed by atoms with Crippen LogP contribution in [0.25, 0.3) is 0 Å². The van der Waals surface area contributed by atoms with Gasteiger partial charge in [-0.1, -0.05) is 26.7 Å². The van der Waals surface area contributed by atoms with Gasteiger partial charge in [0.15, 0.2) is 0 Å². The molecule has 1 rings (SSSR count). The van der Waals surface area contributed by atoms with Gasteiger partial charge in [-0.2, -0.15) is 0 Å². The van der Waals surface area contributed by atoms with Crippen LogP contribution in [0.15, 0.2) is 6.20 Å². The highest BCUT2D eigenvalue weighted by molar-refractivity contribution is 5.32. The summed E-state index contributed by atoms with van der Waals surface area (Å²) in [5.74, 6) is 1.46. The summed E-state index contributed by atoms with van der Waals surface area (Å²) in [5.41, 5.74) is 1.67. The predicted molar refractivity (Wildman–Crippen MR) is 74.7 cm³/mol. The van der Waals surface area contributed by atoms with Crippen LogP contribution in [0.5, 0.6) is 0 Å². The van der Waals surface area contributed by atoms with Crippen LogP contribution in [0.1, 0.15) is 44.9 Å². The van der Waals surface area contributed by atoms with Crippen LogP contribution < -0.4 is 4.90 Å². The van der Waals surface area contributed by atoms with E-state index in [2.05, 4.69) is 35.6 Å². The van der Waals surface area contributed by atoms with Crippen LogP contribution in [0, 0.1) is 12.8 Å². The molecule has 1 aromatic heterocycles. The third-order valence-corrected chi connectivity index (χ3v) is 3.54. The van der Waals surface area contributed by atoms with Gasteiger partial charge in [-0.15, -0.1) is 0 Å². The Morgan fingerprint density at radius 3 is 2.39 bits per heavy atom. The molecule has 0 radical (unpaired) electrons. The first-order valence-electron chi connectivity index (χ1n) is 6.84. The maximum absolute atomic E-state index is 9.13. The van der Waals surface area contributed by atoms with E-state index in [1.807, 2.05) is 6.92 Å². The van der Waals surface area contributed by atoms with Crippen molar-refractivity contribution in [1.82, 2.24) is 9.97 Å². The van der Waals surface area contributed by atoms with E-state index in [0.29, 0.717) is 5.92 Å². The van der Waals surface area contributed by atoms with Gasteiger partial charge in [-0.05, 0) is 19.8 Å². The quantitative estimate of drug-likeness (QED) is 0.809. The van der Waals surface area contributed by atoms with Crippen LogP contribution in [0.2, 0.25) is 0 Å². The maximum Gasteiger partial charge on any atom is 0.225 e. The number of aromatic nitrogens is 2. The number of nitrogens with zero attached hydrogens (tertiary/aromatic N) is 3. The predicted octanol–water partition coefficient (Wildman–Crippen LogP) is 2.54. The fourth-order valence-electron chi connectivity index (χ4n) is 2.00. The number of aliphatic hydroxyl groups is 1. The number of rotatable bonds is 7. The normalized spacial score (nSPS) is 11.0. The molecule has 0 atom stereocenters. The Morgan fingerprint density at radius 1 is 1.28 bits per heavy atom. The average Bonchev–Trinajstić information content (AvgIpc) is 2.40. The second-order valence-electron chi connectivity index (χ2n) is 4.66. The van der Waals surface area contributed by atoms with Gasteiger partial charge in [0.1, 0.15) is 0 Å². The molecule has 0 unspecified atom stereocenters. The zero-order chi connectivity index (χ0) is 13.5. The molecule has 18 heavy (non-hydrogen) atoms. The van der Waals surface area contributed by atoms with Gasteiger partial charge in [0.25, 0.3) is 0 Å². The van der Waals surface area contributed by atoms with Gasteiger partial charge in [0.05, 0.1) is 6.61 Å². The van der Waals surface area contributed by atoms with Crippen molar-refractivity contribution in [2.24, 2.45) is 5.92 Å². The first-order chi connectivity index (χ1) is 8.65. The Labute approximate surface area is 110 Å². The number of aryl methyl sites for hydroxylation is 1. The lowest BCUT2D eigenvalue weighted by Gasteiger charge is -2.25. The molecular weight excluding hydrogens is 226 g/mol. The molecule has 0 aliphatic rings. The largest absolute Gasteiger partial charge is 0.392 e. The SMILES string of the molecule is CCC(CC)CN(CC)c1ncc(CO)c(C)n1. The summed E-state index contributed by atoms with van der Waals surface area (Å²) in [4.78, 5) is 11.1. The third-order valence-electron chi connectivity index (χ3n) is 3.54. The van der Waals surface area contributed by atoms with Crippen molar-refractivity contribution in [2.45, 2.75) is 47.1 Å². The van der Waals surface area contributed by atoms with Crippen LogP contribution in [0.4, 0.5) is 5.95 Å². The summed E-state index contributed by atoms with van der Waals surface area (Å²) in [5, 5.41) is 9.13. The van der Waals surface area contributed by atoms with Crippen molar-refractivity contribution in [3.63, 3.8) is 0 Å².